The molecule has 0 aromatic heterocycles. The van der Waals surface area contributed by atoms with Gasteiger partial charge in [-0.25, -0.2) is 0 Å². The second-order valence-electron chi connectivity index (χ2n) is 6.14. The molecule has 0 spiro atoms. The normalized spacial score (nSPS) is 16.9. The Balaban J connectivity index is 4.19. The quantitative estimate of drug-likeness (QED) is 0.571. The molecule has 0 heterocycles. The van der Waals surface area contributed by atoms with Gasteiger partial charge in [0.2, 0.25) is 0 Å². The molecule has 1 N–H and O–H groups in total. The predicted octanol–water partition coefficient (Wildman–Crippen LogP) is 3.58. The van der Waals surface area contributed by atoms with E-state index in [1.165, 1.54) is 0 Å². The van der Waals surface area contributed by atoms with Gasteiger partial charge in [0.1, 0.15) is 0 Å². The molecule has 0 aliphatic rings. The van der Waals surface area contributed by atoms with Gasteiger partial charge in [0.05, 0.1) is 6.10 Å². The molecule has 0 bridgehead atoms. The molecule has 0 aromatic carbocycles. The third-order valence-corrected chi connectivity index (χ3v) is 8.08. The smallest absolute Gasteiger partial charge is 0.191 e. The van der Waals surface area contributed by atoms with E-state index in [1.54, 1.807) is 6.08 Å². The van der Waals surface area contributed by atoms with Crippen LogP contribution in [0.2, 0.25) is 18.1 Å². The van der Waals surface area contributed by atoms with Crippen LogP contribution in [0.4, 0.5) is 0 Å². The zero-order valence-corrected chi connectivity index (χ0v) is 12.7. The highest BCUT2D eigenvalue weighted by molar-refractivity contribution is 6.74. The summed E-state index contributed by atoms with van der Waals surface area (Å²) in [7, 11) is -1.67. The number of rotatable bonds is 6. The third-order valence-electron chi connectivity index (χ3n) is 3.58. The van der Waals surface area contributed by atoms with E-state index in [-0.39, 0.29) is 17.1 Å². The van der Waals surface area contributed by atoms with E-state index in [0.717, 1.165) is 0 Å². The predicted molar refractivity (Wildman–Crippen MR) is 73.1 cm³/mol. The zero-order chi connectivity index (χ0) is 13.0. The lowest BCUT2D eigenvalue weighted by Crippen LogP contribution is -2.42. The van der Waals surface area contributed by atoms with Gasteiger partial charge in [-0.1, -0.05) is 33.8 Å². The summed E-state index contributed by atoms with van der Waals surface area (Å²) >= 11 is 0. The van der Waals surface area contributed by atoms with E-state index in [1.807, 2.05) is 6.92 Å². The molecule has 0 saturated heterocycles. The highest BCUT2D eigenvalue weighted by Crippen LogP contribution is 2.36. The van der Waals surface area contributed by atoms with E-state index >= 15 is 0 Å². The first-order chi connectivity index (χ1) is 7.12. The largest absolute Gasteiger partial charge is 0.416 e. The molecule has 0 rings (SSSR count). The van der Waals surface area contributed by atoms with Crippen molar-refractivity contribution in [1.82, 2.24) is 0 Å². The first-order valence-electron chi connectivity index (χ1n) is 6.04. The van der Waals surface area contributed by atoms with Crippen molar-refractivity contribution in [3.8, 4) is 0 Å². The van der Waals surface area contributed by atoms with Crippen molar-refractivity contribution in [2.24, 2.45) is 5.92 Å². The number of aliphatic hydroxyl groups is 1. The zero-order valence-electron chi connectivity index (χ0n) is 11.7. The topological polar surface area (TPSA) is 29.5 Å². The van der Waals surface area contributed by atoms with Crippen LogP contribution >= 0.6 is 0 Å². The van der Waals surface area contributed by atoms with Crippen molar-refractivity contribution in [2.45, 2.75) is 58.4 Å². The summed E-state index contributed by atoms with van der Waals surface area (Å²) in [4.78, 5) is 0. The Morgan fingerprint density at radius 2 is 1.88 bits per heavy atom. The Morgan fingerprint density at radius 1 is 1.38 bits per heavy atom. The monoisotopic (exact) mass is 244 g/mol. The summed E-state index contributed by atoms with van der Waals surface area (Å²) in [5, 5.41) is 10.0. The number of hydrogen-bond donors (Lipinski definition) is 1. The lowest BCUT2D eigenvalue weighted by Gasteiger charge is -2.37. The van der Waals surface area contributed by atoms with Gasteiger partial charge in [-0.3, -0.25) is 0 Å². The van der Waals surface area contributed by atoms with Crippen LogP contribution in [0, 0.1) is 5.92 Å². The fourth-order valence-corrected chi connectivity index (χ4v) is 2.18. The van der Waals surface area contributed by atoms with Crippen molar-refractivity contribution in [2.75, 3.05) is 6.61 Å². The fourth-order valence-electron chi connectivity index (χ4n) is 1.07. The van der Waals surface area contributed by atoms with Gasteiger partial charge in [-0.15, -0.1) is 6.58 Å². The SMILES string of the molecule is C=CC[C@H](O)[C@@H](C)CO[Si](C)(C)C(C)(C)C. The van der Waals surface area contributed by atoms with E-state index in [2.05, 4.69) is 40.4 Å². The third kappa shape index (κ3) is 4.81. The van der Waals surface area contributed by atoms with Crippen molar-refractivity contribution in [3.63, 3.8) is 0 Å². The van der Waals surface area contributed by atoms with Gasteiger partial charge in [0, 0.05) is 12.5 Å². The molecule has 3 heteroatoms. The Hall–Kier alpha value is -0.123. The lowest BCUT2D eigenvalue weighted by molar-refractivity contribution is 0.0825. The Bertz CT molecular complexity index is 218. The van der Waals surface area contributed by atoms with Gasteiger partial charge in [0.15, 0.2) is 8.32 Å². The van der Waals surface area contributed by atoms with Gasteiger partial charge >= 0.3 is 0 Å². The minimum atomic E-state index is -1.67. The second-order valence-corrected chi connectivity index (χ2v) is 10.9. The van der Waals surface area contributed by atoms with Crippen LogP contribution in [0.3, 0.4) is 0 Å². The fraction of sp³-hybridized carbons (Fsp3) is 0.846. The molecule has 0 unspecified atom stereocenters. The van der Waals surface area contributed by atoms with Gasteiger partial charge in [0.25, 0.3) is 0 Å². The van der Waals surface area contributed by atoms with Crippen LogP contribution in [0.25, 0.3) is 0 Å². The van der Waals surface area contributed by atoms with Crippen LogP contribution in [-0.2, 0) is 4.43 Å². The first-order valence-corrected chi connectivity index (χ1v) is 8.95. The average Bonchev–Trinajstić information content (AvgIpc) is 2.12. The molecular weight excluding hydrogens is 216 g/mol. The van der Waals surface area contributed by atoms with Crippen LogP contribution in [-0.4, -0.2) is 26.1 Å². The Labute approximate surface area is 102 Å². The van der Waals surface area contributed by atoms with E-state index in [9.17, 15) is 5.11 Å². The molecular formula is C13H28O2Si. The van der Waals surface area contributed by atoms with E-state index in [4.69, 9.17) is 4.43 Å². The standard InChI is InChI=1S/C13H28O2Si/c1-8-9-12(14)11(2)10-15-16(6,7)13(3,4)5/h8,11-12,14H,1,9-10H2,2-7H3/t11-,12-/m0/s1. The van der Waals surface area contributed by atoms with Crippen LogP contribution in [0.15, 0.2) is 12.7 Å². The molecule has 0 saturated carbocycles. The summed E-state index contributed by atoms with van der Waals surface area (Å²) in [5.41, 5.74) is 0. The Kier molecular flexibility index (Phi) is 5.94. The maximum atomic E-state index is 9.78. The molecule has 0 aliphatic carbocycles. The van der Waals surface area contributed by atoms with Gasteiger partial charge in [-0.05, 0) is 24.6 Å². The molecule has 0 radical (unpaired) electrons. The molecule has 0 aliphatic heterocycles. The van der Waals surface area contributed by atoms with E-state index < -0.39 is 8.32 Å². The molecule has 0 aromatic rings. The summed E-state index contributed by atoms with van der Waals surface area (Å²) in [5.74, 6) is 0.173. The van der Waals surface area contributed by atoms with Crippen molar-refractivity contribution in [3.05, 3.63) is 12.7 Å². The summed E-state index contributed by atoms with van der Waals surface area (Å²) in [6.45, 7) is 17.5. The maximum absolute atomic E-state index is 9.78. The lowest BCUT2D eigenvalue weighted by atomic mass is 10.0. The minimum absolute atomic E-state index is 0.173. The first kappa shape index (κ1) is 15.9. The average molecular weight is 244 g/mol. The molecule has 16 heavy (non-hydrogen) atoms. The number of hydrogen-bond acceptors (Lipinski definition) is 2. The summed E-state index contributed by atoms with van der Waals surface area (Å²) < 4.78 is 6.07. The van der Waals surface area contributed by atoms with Crippen molar-refractivity contribution in [1.29, 1.82) is 0 Å². The van der Waals surface area contributed by atoms with Crippen molar-refractivity contribution >= 4 is 8.32 Å². The summed E-state index contributed by atoms with van der Waals surface area (Å²) in [6, 6.07) is 0. The van der Waals surface area contributed by atoms with E-state index in [0.29, 0.717) is 13.0 Å². The molecule has 2 atom stereocenters. The van der Waals surface area contributed by atoms with Gasteiger partial charge < -0.3 is 9.53 Å². The minimum Gasteiger partial charge on any atom is -0.416 e. The van der Waals surface area contributed by atoms with Crippen LogP contribution in [0.1, 0.15) is 34.1 Å². The highest BCUT2D eigenvalue weighted by atomic mass is 28.4. The molecule has 0 amide bonds. The maximum Gasteiger partial charge on any atom is 0.191 e. The Morgan fingerprint density at radius 3 is 2.25 bits per heavy atom. The van der Waals surface area contributed by atoms with Gasteiger partial charge in [-0.2, -0.15) is 0 Å². The molecule has 96 valence electrons. The molecule has 0 fully saturated rings. The van der Waals surface area contributed by atoms with Crippen molar-refractivity contribution < 1.29 is 9.53 Å². The number of aliphatic hydroxyl groups excluding tert-OH is 1. The van der Waals surface area contributed by atoms with Crippen LogP contribution in [0.5, 0.6) is 0 Å². The van der Waals surface area contributed by atoms with Crippen LogP contribution < -0.4 is 0 Å². The molecule has 2 nitrogen and oxygen atoms in total. The second kappa shape index (κ2) is 5.99. The summed E-state index contributed by atoms with van der Waals surface area (Å²) in [6.07, 6.45) is 2.07. The highest BCUT2D eigenvalue weighted by Gasteiger charge is 2.37.